The number of aromatic nitrogens is 3. The molecule has 1 aromatic carbocycles. The summed E-state index contributed by atoms with van der Waals surface area (Å²) in [6, 6.07) is 5.74. The van der Waals surface area contributed by atoms with E-state index >= 15 is 0 Å². The Balaban J connectivity index is 1.92. The summed E-state index contributed by atoms with van der Waals surface area (Å²) in [4.78, 5) is 18.6. The van der Waals surface area contributed by atoms with E-state index in [1.165, 1.54) is 18.2 Å². The lowest BCUT2D eigenvalue weighted by atomic mass is 10.3. The number of nitrogens with zero attached hydrogens (tertiary/aromatic N) is 4. The molecule has 0 N–H and O–H groups in total. The summed E-state index contributed by atoms with van der Waals surface area (Å²) in [6.07, 6.45) is 3.20. The molecule has 8 heteroatoms. The van der Waals surface area contributed by atoms with Gasteiger partial charge in [-0.1, -0.05) is 11.6 Å². The zero-order valence-corrected chi connectivity index (χ0v) is 11.6. The second-order valence-corrected chi connectivity index (χ2v) is 4.75. The molecule has 0 atom stereocenters. The number of imidazole rings is 1. The van der Waals surface area contributed by atoms with Crippen LogP contribution in [0.3, 0.4) is 0 Å². The lowest BCUT2D eigenvalue weighted by molar-refractivity contribution is -0.384. The van der Waals surface area contributed by atoms with Gasteiger partial charge in [-0.05, 0) is 6.07 Å². The number of nitro groups is 1. The minimum Gasteiger partial charge on any atom is -0.454 e. The van der Waals surface area contributed by atoms with E-state index in [1.54, 1.807) is 23.2 Å². The fraction of sp³-hybridized carbons (Fsp3) is 0.0769. The number of halogens is 1. The molecular formula is C13H9ClN4O3. The Bertz CT molecular complexity index is 847. The van der Waals surface area contributed by atoms with Crippen LogP contribution in [0.25, 0.3) is 11.2 Å². The van der Waals surface area contributed by atoms with Gasteiger partial charge >= 0.3 is 0 Å². The summed E-state index contributed by atoms with van der Waals surface area (Å²) in [5, 5.41) is 10.8. The molecule has 0 fully saturated rings. The molecule has 0 saturated carbocycles. The van der Waals surface area contributed by atoms with Crippen LogP contribution in [0.2, 0.25) is 5.02 Å². The van der Waals surface area contributed by atoms with Gasteiger partial charge in [0.15, 0.2) is 5.65 Å². The van der Waals surface area contributed by atoms with E-state index in [2.05, 4.69) is 9.97 Å². The molecule has 2 heterocycles. The molecular weight excluding hydrogens is 296 g/mol. The lowest BCUT2D eigenvalue weighted by Crippen LogP contribution is -1.91. The van der Waals surface area contributed by atoms with Crippen molar-refractivity contribution >= 4 is 28.5 Å². The Kier molecular flexibility index (Phi) is 3.19. The van der Waals surface area contributed by atoms with Gasteiger partial charge in [-0.3, -0.25) is 10.1 Å². The first kappa shape index (κ1) is 13.3. The smallest absolute Gasteiger partial charge is 0.271 e. The van der Waals surface area contributed by atoms with Crippen molar-refractivity contribution in [3.8, 4) is 11.5 Å². The van der Waals surface area contributed by atoms with Gasteiger partial charge in [-0.15, -0.1) is 0 Å². The van der Waals surface area contributed by atoms with Crippen molar-refractivity contribution in [2.45, 2.75) is 0 Å². The lowest BCUT2D eigenvalue weighted by Gasteiger charge is -2.07. The fourth-order valence-corrected chi connectivity index (χ4v) is 2.08. The summed E-state index contributed by atoms with van der Waals surface area (Å²) in [5.74, 6) is 0.774. The van der Waals surface area contributed by atoms with Crippen molar-refractivity contribution in [2.75, 3.05) is 0 Å². The van der Waals surface area contributed by atoms with Crippen LogP contribution in [0.15, 0.2) is 36.8 Å². The number of hydrogen-bond donors (Lipinski definition) is 0. The fourth-order valence-electron chi connectivity index (χ4n) is 1.87. The van der Waals surface area contributed by atoms with E-state index in [4.69, 9.17) is 16.3 Å². The summed E-state index contributed by atoms with van der Waals surface area (Å²) in [6.45, 7) is 0. The molecule has 0 saturated heterocycles. The normalized spacial score (nSPS) is 10.8. The molecule has 0 aliphatic heterocycles. The number of nitro benzene ring substituents is 1. The monoisotopic (exact) mass is 304 g/mol. The molecule has 0 aliphatic carbocycles. The Morgan fingerprint density at radius 1 is 1.33 bits per heavy atom. The Morgan fingerprint density at radius 3 is 2.86 bits per heavy atom. The quantitative estimate of drug-likeness (QED) is 0.547. The van der Waals surface area contributed by atoms with Crippen LogP contribution in [-0.4, -0.2) is 19.5 Å². The van der Waals surface area contributed by atoms with Gasteiger partial charge in [0.2, 0.25) is 0 Å². The highest BCUT2D eigenvalue weighted by atomic mass is 35.5. The van der Waals surface area contributed by atoms with Crippen LogP contribution in [0.1, 0.15) is 0 Å². The number of fused-ring (bicyclic) bond motifs is 1. The second-order valence-electron chi connectivity index (χ2n) is 4.34. The highest BCUT2D eigenvalue weighted by Crippen LogP contribution is 2.32. The standard InChI is InChI=1S/C13H9ClN4O3/c1-17-7-16-11-5-9(6-15-13(11)17)21-12-3-2-8(18(19)20)4-10(12)14/h2-7H,1H3. The minimum absolute atomic E-state index is 0.0920. The third kappa shape index (κ3) is 2.50. The summed E-state index contributed by atoms with van der Waals surface area (Å²) >= 11 is 5.98. The zero-order valence-electron chi connectivity index (χ0n) is 10.9. The van der Waals surface area contributed by atoms with Crippen LogP contribution in [0, 0.1) is 10.1 Å². The molecule has 7 nitrogen and oxygen atoms in total. The van der Waals surface area contributed by atoms with Crippen molar-refractivity contribution in [1.82, 2.24) is 14.5 Å². The number of rotatable bonds is 3. The number of hydrogen-bond acceptors (Lipinski definition) is 5. The Labute approximate surface area is 123 Å². The molecule has 0 amide bonds. The van der Waals surface area contributed by atoms with E-state index in [0.717, 1.165) is 5.65 Å². The number of non-ortho nitro benzene ring substituents is 1. The van der Waals surface area contributed by atoms with Gasteiger partial charge in [-0.2, -0.15) is 0 Å². The van der Waals surface area contributed by atoms with Crippen molar-refractivity contribution < 1.29 is 9.66 Å². The van der Waals surface area contributed by atoms with E-state index < -0.39 is 4.92 Å². The van der Waals surface area contributed by atoms with Crippen LogP contribution in [0.5, 0.6) is 11.5 Å². The second kappa shape index (κ2) is 5.02. The maximum Gasteiger partial charge on any atom is 0.271 e. The van der Waals surface area contributed by atoms with Gasteiger partial charge in [0, 0.05) is 25.2 Å². The van der Waals surface area contributed by atoms with Crippen LogP contribution >= 0.6 is 11.6 Å². The SMILES string of the molecule is Cn1cnc2cc(Oc3ccc([N+](=O)[O-])cc3Cl)cnc21. The minimum atomic E-state index is -0.517. The summed E-state index contributed by atoms with van der Waals surface area (Å²) in [5.41, 5.74) is 1.33. The molecule has 0 bridgehead atoms. The molecule has 0 aliphatic rings. The van der Waals surface area contributed by atoms with E-state index in [1.807, 2.05) is 7.05 Å². The zero-order chi connectivity index (χ0) is 15.0. The molecule has 106 valence electrons. The topological polar surface area (TPSA) is 83.1 Å². The first-order valence-electron chi connectivity index (χ1n) is 5.93. The third-order valence-electron chi connectivity index (χ3n) is 2.88. The maximum absolute atomic E-state index is 10.7. The van der Waals surface area contributed by atoms with Crippen molar-refractivity contribution in [3.05, 3.63) is 51.9 Å². The molecule has 21 heavy (non-hydrogen) atoms. The molecule has 2 aromatic heterocycles. The predicted molar refractivity (Wildman–Crippen MR) is 76.7 cm³/mol. The van der Waals surface area contributed by atoms with E-state index in [9.17, 15) is 10.1 Å². The number of ether oxygens (including phenoxy) is 1. The summed E-state index contributed by atoms with van der Waals surface area (Å²) in [7, 11) is 1.84. The Hall–Kier alpha value is -2.67. The largest absolute Gasteiger partial charge is 0.454 e. The third-order valence-corrected chi connectivity index (χ3v) is 3.18. The highest BCUT2D eigenvalue weighted by Gasteiger charge is 2.12. The first-order chi connectivity index (χ1) is 10.0. The van der Waals surface area contributed by atoms with Gasteiger partial charge in [0.05, 0.1) is 22.5 Å². The summed E-state index contributed by atoms with van der Waals surface area (Å²) < 4.78 is 7.38. The average Bonchev–Trinajstić information content (AvgIpc) is 2.82. The maximum atomic E-state index is 10.7. The molecule has 3 rings (SSSR count). The van der Waals surface area contributed by atoms with Gasteiger partial charge in [0.25, 0.3) is 5.69 Å². The molecule has 0 spiro atoms. The highest BCUT2D eigenvalue weighted by molar-refractivity contribution is 6.32. The average molecular weight is 305 g/mol. The van der Waals surface area contributed by atoms with Crippen molar-refractivity contribution in [3.63, 3.8) is 0 Å². The molecule has 0 unspecified atom stereocenters. The Morgan fingerprint density at radius 2 is 2.14 bits per heavy atom. The predicted octanol–water partition coefficient (Wildman–Crippen LogP) is 3.32. The van der Waals surface area contributed by atoms with Crippen molar-refractivity contribution in [1.29, 1.82) is 0 Å². The van der Waals surface area contributed by atoms with E-state index in [0.29, 0.717) is 17.0 Å². The number of benzene rings is 1. The van der Waals surface area contributed by atoms with Gasteiger partial charge < -0.3 is 9.30 Å². The first-order valence-corrected chi connectivity index (χ1v) is 6.31. The van der Waals surface area contributed by atoms with E-state index in [-0.39, 0.29) is 10.7 Å². The van der Waals surface area contributed by atoms with Gasteiger partial charge in [0.1, 0.15) is 17.0 Å². The van der Waals surface area contributed by atoms with Crippen LogP contribution in [-0.2, 0) is 7.05 Å². The number of pyridine rings is 1. The number of aryl methyl sites for hydroxylation is 1. The van der Waals surface area contributed by atoms with Crippen LogP contribution < -0.4 is 4.74 Å². The molecule has 3 aromatic rings. The van der Waals surface area contributed by atoms with Gasteiger partial charge in [-0.25, -0.2) is 9.97 Å². The van der Waals surface area contributed by atoms with Crippen LogP contribution in [0.4, 0.5) is 5.69 Å². The van der Waals surface area contributed by atoms with Crippen molar-refractivity contribution in [2.24, 2.45) is 7.05 Å². The molecule has 0 radical (unpaired) electrons.